The van der Waals surface area contributed by atoms with E-state index in [1.165, 1.54) is 4.90 Å². The zero-order chi connectivity index (χ0) is 16.0. The summed E-state index contributed by atoms with van der Waals surface area (Å²) in [7, 11) is 1.73. The van der Waals surface area contributed by atoms with Crippen molar-refractivity contribution in [2.75, 3.05) is 32.4 Å². The van der Waals surface area contributed by atoms with Crippen LogP contribution in [0.3, 0.4) is 0 Å². The second-order valence-electron chi connectivity index (χ2n) is 4.69. The largest absolute Gasteiger partial charge is 0.356 e. The van der Waals surface area contributed by atoms with Crippen LogP contribution in [-0.2, 0) is 4.79 Å². The number of hydrogen-bond donors (Lipinski definition) is 3. The summed E-state index contributed by atoms with van der Waals surface area (Å²) >= 11 is 1.80. The Hall–Kier alpha value is -1.69. The third-order valence-electron chi connectivity index (χ3n) is 2.85. The molecule has 0 heterocycles. The van der Waals surface area contributed by atoms with Crippen molar-refractivity contribution in [1.29, 1.82) is 0 Å². The Balaban J connectivity index is 2.11. The molecule has 0 radical (unpaired) electrons. The van der Waals surface area contributed by atoms with Crippen LogP contribution >= 0.6 is 11.8 Å². The van der Waals surface area contributed by atoms with Crippen molar-refractivity contribution in [3.63, 3.8) is 0 Å². The molecule has 0 aromatic heterocycles. The van der Waals surface area contributed by atoms with Crippen LogP contribution in [0.1, 0.15) is 19.8 Å². The quantitative estimate of drug-likeness (QED) is 0.281. The van der Waals surface area contributed by atoms with Gasteiger partial charge in [-0.1, -0.05) is 25.1 Å². The summed E-state index contributed by atoms with van der Waals surface area (Å²) in [6.07, 6.45) is 1.42. The summed E-state index contributed by atoms with van der Waals surface area (Å²) in [6.45, 7) is 4.18. The molecule has 0 bridgehead atoms. The molecule has 0 aliphatic rings. The minimum atomic E-state index is 0.0736. The van der Waals surface area contributed by atoms with Gasteiger partial charge in [0.2, 0.25) is 5.91 Å². The van der Waals surface area contributed by atoms with Gasteiger partial charge in [-0.3, -0.25) is 9.79 Å². The van der Waals surface area contributed by atoms with Gasteiger partial charge < -0.3 is 16.0 Å². The molecule has 0 atom stereocenters. The summed E-state index contributed by atoms with van der Waals surface area (Å²) in [5.74, 6) is 1.77. The number of aliphatic imine (C=N–C) groups is 1. The highest BCUT2D eigenvalue weighted by atomic mass is 32.2. The average Bonchev–Trinajstić information content (AvgIpc) is 2.56. The number of hydrogen-bond acceptors (Lipinski definition) is 3. The molecule has 1 aromatic carbocycles. The van der Waals surface area contributed by atoms with Crippen molar-refractivity contribution in [2.45, 2.75) is 24.7 Å². The van der Waals surface area contributed by atoms with E-state index in [2.05, 4.69) is 33.1 Å². The van der Waals surface area contributed by atoms with Gasteiger partial charge in [-0.25, -0.2) is 0 Å². The van der Waals surface area contributed by atoms with E-state index in [0.717, 1.165) is 31.2 Å². The topological polar surface area (TPSA) is 65.5 Å². The van der Waals surface area contributed by atoms with Crippen LogP contribution in [0.2, 0.25) is 0 Å². The first-order chi connectivity index (χ1) is 10.8. The molecular formula is C16H26N4OS. The molecule has 0 saturated heterocycles. The fourth-order valence-electron chi connectivity index (χ4n) is 1.72. The van der Waals surface area contributed by atoms with Gasteiger partial charge in [0.05, 0.1) is 0 Å². The number of thioether (sulfide) groups is 1. The van der Waals surface area contributed by atoms with Crippen LogP contribution in [-0.4, -0.2) is 44.3 Å². The van der Waals surface area contributed by atoms with Crippen molar-refractivity contribution in [3.05, 3.63) is 30.3 Å². The highest BCUT2D eigenvalue weighted by molar-refractivity contribution is 7.99. The maximum Gasteiger partial charge on any atom is 0.221 e. The van der Waals surface area contributed by atoms with Crippen molar-refractivity contribution < 1.29 is 4.79 Å². The first-order valence-corrected chi connectivity index (χ1v) is 8.64. The Kier molecular flexibility index (Phi) is 9.94. The van der Waals surface area contributed by atoms with E-state index in [1.54, 1.807) is 18.8 Å². The van der Waals surface area contributed by atoms with Gasteiger partial charge in [-0.15, -0.1) is 11.8 Å². The van der Waals surface area contributed by atoms with E-state index in [0.29, 0.717) is 13.0 Å². The van der Waals surface area contributed by atoms with Crippen LogP contribution in [0.15, 0.2) is 40.2 Å². The Labute approximate surface area is 137 Å². The van der Waals surface area contributed by atoms with E-state index in [4.69, 9.17) is 0 Å². The monoisotopic (exact) mass is 322 g/mol. The highest BCUT2D eigenvalue weighted by Gasteiger charge is 2.01. The number of guanidine groups is 1. The first kappa shape index (κ1) is 18.4. The molecule has 0 aliphatic heterocycles. The molecular weight excluding hydrogens is 296 g/mol. The number of rotatable bonds is 9. The third-order valence-corrected chi connectivity index (χ3v) is 3.86. The normalized spacial score (nSPS) is 11.1. The molecule has 0 unspecified atom stereocenters. The van der Waals surface area contributed by atoms with Crippen molar-refractivity contribution in [2.24, 2.45) is 4.99 Å². The maximum atomic E-state index is 11.5. The minimum absolute atomic E-state index is 0.0736. The Bertz CT molecular complexity index is 451. The van der Waals surface area contributed by atoms with Gasteiger partial charge in [0.25, 0.3) is 0 Å². The highest BCUT2D eigenvalue weighted by Crippen LogP contribution is 2.15. The molecule has 5 nitrogen and oxygen atoms in total. The van der Waals surface area contributed by atoms with Gasteiger partial charge in [0, 0.05) is 43.8 Å². The SMILES string of the molecule is CCCNC(=O)CCNC(=NC)NCCSc1ccccc1. The predicted molar refractivity (Wildman–Crippen MR) is 94.4 cm³/mol. The van der Waals surface area contributed by atoms with Crippen molar-refractivity contribution in [1.82, 2.24) is 16.0 Å². The van der Waals surface area contributed by atoms with Crippen LogP contribution < -0.4 is 16.0 Å². The molecule has 1 aromatic rings. The van der Waals surface area contributed by atoms with Crippen LogP contribution in [0, 0.1) is 0 Å². The van der Waals surface area contributed by atoms with E-state index < -0.39 is 0 Å². The zero-order valence-corrected chi connectivity index (χ0v) is 14.2. The molecule has 3 N–H and O–H groups in total. The van der Waals surface area contributed by atoms with E-state index >= 15 is 0 Å². The molecule has 1 amide bonds. The zero-order valence-electron chi connectivity index (χ0n) is 13.4. The van der Waals surface area contributed by atoms with Crippen molar-refractivity contribution in [3.8, 4) is 0 Å². The number of nitrogens with one attached hydrogen (secondary N) is 3. The van der Waals surface area contributed by atoms with Crippen LogP contribution in [0.25, 0.3) is 0 Å². The second-order valence-corrected chi connectivity index (χ2v) is 5.86. The third kappa shape index (κ3) is 8.56. The Morgan fingerprint density at radius 1 is 1.09 bits per heavy atom. The molecule has 1 rings (SSSR count). The minimum Gasteiger partial charge on any atom is -0.356 e. The Morgan fingerprint density at radius 3 is 2.50 bits per heavy atom. The van der Waals surface area contributed by atoms with Crippen LogP contribution in [0.5, 0.6) is 0 Å². The molecule has 122 valence electrons. The van der Waals surface area contributed by atoms with Crippen LogP contribution in [0.4, 0.5) is 0 Å². The molecule has 6 heteroatoms. The molecule has 0 spiro atoms. The van der Waals surface area contributed by atoms with E-state index in [-0.39, 0.29) is 5.91 Å². The van der Waals surface area contributed by atoms with Crippen molar-refractivity contribution >= 4 is 23.6 Å². The van der Waals surface area contributed by atoms with E-state index in [9.17, 15) is 4.79 Å². The molecule has 0 saturated carbocycles. The summed E-state index contributed by atoms with van der Waals surface area (Å²) < 4.78 is 0. The Morgan fingerprint density at radius 2 is 1.82 bits per heavy atom. The fourth-order valence-corrected chi connectivity index (χ4v) is 2.51. The van der Waals surface area contributed by atoms with Gasteiger partial charge >= 0.3 is 0 Å². The standard InChI is InChI=1S/C16H26N4OS/c1-3-10-18-15(21)9-11-19-16(17-2)20-12-13-22-14-7-5-4-6-8-14/h4-8H,3,9-13H2,1-2H3,(H,18,21)(H2,17,19,20). The summed E-state index contributed by atoms with van der Waals surface area (Å²) in [5, 5.41) is 9.24. The van der Waals surface area contributed by atoms with Gasteiger partial charge in [-0.05, 0) is 18.6 Å². The number of benzene rings is 1. The number of nitrogens with zero attached hydrogens (tertiary/aromatic N) is 1. The lowest BCUT2D eigenvalue weighted by atomic mass is 10.4. The smallest absolute Gasteiger partial charge is 0.221 e. The first-order valence-electron chi connectivity index (χ1n) is 7.65. The van der Waals surface area contributed by atoms with Gasteiger partial charge in [0.15, 0.2) is 5.96 Å². The summed E-state index contributed by atoms with van der Waals surface area (Å²) in [5.41, 5.74) is 0. The number of carbonyl (C=O) groups is 1. The maximum absolute atomic E-state index is 11.5. The predicted octanol–water partition coefficient (Wildman–Crippen LogP) is 1.86. The van der Waals surface area contributed by atoms with Gasteiger partial charge in [-0.2, -0.15) is 0 Å². The molecule has 0 fully saturated rings. The fraction of sp³-hybridized carbons (Fsp3) is 0.500. The molecule has 0 aliphatic carbocycles. The van der Waals surface area contributed by atoms with E-state index in [1.807, 2.05) is 25.1 Å². The lowest BCUT2D eigenvalue weighted by Gasteiger charge is -2.11. The summed E-state index contributed by atoms with van der Waals surface area (Å²) in [4.78, 5) is 16.9. The number of amides is 1. The number of carbonyl (C=O) groups excluding carboxylic acids is 1. The summed E-state index contributed by atoms with van der Waals surface area (Å²) in [6, 6.07) is 10.3. The van der Waals surface area contributed by atoms with Gasteiger partial charge in [0.1, 0.15) is 0 Å². The molecule has 22 heavy (non-hydrogen) atoms. The second kappa shape index (κ2) is 11.9. The average molecular weight is 322 g/mol. The lowest BCUT2D eigenvalue weighted by molar-refractivity contribution is -0.120. The lowest BCUT2D eigenvalue weighted by Crippen LogP contribution is -2.40.